The number of rotatable bonds is 5. The van der Waals surface area contributed by atoms with Crippen LogP contribution in [0.5, 0.6) is 0 Å². The Morgan fingerprint density at radius 2 is 1.63 bits per heavy atom. The highest BCUT2D eigenvalue weighted by atomic mass is 127. The Bertz CT molecular complexity index is 740. The van der Waals surface area contributed by atoms with Gasteiger partial charge in [0, 0.05) is 58.4 Å². The van der Waals surface area contributed by atoms with E-state index in [9.17, 15) is 9.59 Å². The summed E-state index contributed by atoms with van der Waals surface area (Å²) < 4.78 is 0. The normalized spacial score (nSPS) is 18.7. The van der Waals surface area contributed by atoms with E-state index >= 15 is 0 Å². The molecule has 0 aliphatic carbocycles. The Labute approximate surface area is 195 Å². The lowest BCUT2D eigenvalue weighted by atomic mass is 10.1. The van der Waals surface area contributed by atoms with Gasteiger partial charge in [0.25, 0.3) is 0 Å². The largest absolute Gasteiger partial charge is 0.366 e. The first kappa shape index (κ1) is 24.4. The molecule has 2 amide bonds. The van der Waals surface area contributed by atoms with Crippen LogP contribution in [0.15, 0.2) is 29.3 Å². The molecule has 2 aliphatic rings. The second-order valence-electron chi connectivity index (χ2n) is 7.69. The number of hydrogen-bond donors (Lipinski definition) is 2. The van der Waals surface area contributed by atoms with Crippen molar-refractivity contribution in [1.82, 2.24) is 20.0 Å². The molecule has 3 rings (SSSR count). The van der Waals surface area contributed by atoms with Gasteiger partial charge in [-0.25, -0.2) is 0 Å². The minimum absolute atomic E-state index is 0. The quantitative estimate of drug-likeness (QED) is 0.340. The average molecular weight is 528 g/mol. The zero-order valence-corrected chi connectivity index (χ0v) is 20.2. The Morgan fingerprint density at radius 3 is 2.17 bits per heavy atom. The van der Waals surface area contributed by atoms with Crippen LogP contribution in [0.25, 0.3) is 0 Å². The van der Waals surface area contributed by atoms with Crippen LogP contribution in [0, 0.1) is 0 Å². The number of carbonyl (C=O) groups excluding carboxylic acids is 2. The van der Waals surface area contributed by atoms with E-state index in [2.05, 4.69) is 20.1 Å². The number of guanidine groups is 1. The number of nitrogens with zero attached hydrogens (tertiary/aromatic N) is 4. The molecule has 0 saturated carbocycles. The van der Waals surface area contributed by atoms with Gasteiger partial charge in [-0.3, -0.25) is 19.5 Å². The first-order chi connectivity index (χ1) is 14.0. The molecule has 3 N–H and O–H groups in total. The van der Waals surface area contributed by atoms with Crippen LogP contribution < -0.4 is 11.1 Å². The lowest BCUT2D eigenvalue weighted by Crippen LogP contribution is -2.57. The SMILES string of the molecule is CN=C(NCc1ccc(C(N)=O)cc1)N1CCN(C(C)C(=O)N2CCCC2)CC1.I. The lowest BCUT2D eigenvalue weighted by molar-refractivity contribution is -0.135. The fourth-order valence-electron chi connectivity index (χ4n) is 3.98. The molecular weight excluding hydrogens is 495 g/mol. The van der Waals surface area contributed by atoms with Crippen LogP contribution in [0.3, 0.4) is 0 Å². The van der Waals surface area contributed by atoms with Crippen molar-refractivity contribution in [3.8, 4) is 0 Å². The van der Waals surface area contributed by atoms with Crippen molar-refractivity contribution in [3.05, 3.63) is 35.4 Å². The summed E-state index contributed by atoms with van der Waals surface area (Å²) in [5, 5.41) is 3.38. The van der Waals surface area contributed by atoms with Crippen LogP contribution in [0.2, 0.25) is 0 Å². The summed E-state index contributed by atoms with van der Waals surface area (Å²) in [4.78, 5) is 34.7. The molecule has 2 saturated heterocycles. The van der Waals surface area contributed by atoms with Crippen LogP contribution in [-0.4, -0.2) is 84.8 Å². The topological polar surface area (TPSA) is 94.3 Å². The van der Waals surface area contributed by atoms with Crippen LogP contribution >= 0.6 is 24.0 Å². The van der Waals surface area contributed by atoms with Crippen LogP contribution in [0.4, 0.5) is 0 Å². The summed E-state index contributed by atoms with van der Waals surface area (Å²) in [6.45, 7) is 7.80. The van der Waals surface area contributed by atoms with Crippen molar-refractivity contribution in [2.75, 3.05) is 46.3 Å². The minimum Gasteiger partial charge on any atom is -0.366 e. The van der Waals surface area contributed by atoms with Gasteiger partial charge < -0.3 is 20.9 Å². The van der Waals surface area contributed by atoms with E-state index in [0.29, 0.717) is 12.1 Å². The Kier molecular flexibility index (Phi) is 9.35. The number of primary amides is 1. The van der Waals surface area contributed by atoms with E-state index in [4.69, 9.17) is 5.73 Å². The lowest BCUT2D eigenvalue weighted by Gasteiger charge is -2.39. The Morgan fingerprint density at radius 1 is 1.03 bits per heavy atom. The summed E-state index contributed by atoms with van der Waals surface area (Å²) in [6, 6.07) is 7.20. The molecule has 2 heterocycles. The van der Waals surface area contributed by atoms with E-state index in [0.717, 1.165) is 63.6 Å². The fraction of sp³-hybridized carbons (Fsp3) is 0.571. The molecule has 1 unspecified atom stereocenters. The number of benzene rings is 1. The van der Waals surface area contributed by atoms with Crippen molar-refractivity contribution < 1.29 is 9.59 Å². The highest BCUT2D eigenvalue weighted by Gasteiger charge is 2.30. The second-order valence-corrected chi connectivity index (χ2v) is 7.69. The van der Waals surface area contributed by atoms with E-state index in [1.165, 1.54) is 0 Å². The van der Waals surface area contributed by atoms with Crippen molar-refractivity contribution in [3.63, 3.8) is 0 Å². The van der Waals surface area contributed by atoms with E-state index in [1.807, 2.05) is 24.0 Å². The number of amides is 2. The van der Waals surface area contributed by atoms with E-state index in [1.54, 1.807) is 19.2 Å². The molecule has 2 fully saturated rings. The Balaban J connectivity index is 0.00000320. The molecule has 166 valence electrons. The van der Waals surface area contributed by atoms with Crippen molar-refractivity contribution in [1.29, 1.82) is 0 Å². The van der Waals surface area contributed by atoms with Crippen LogP contribution in [0.1, 0.15) is 35.7 Å². The molecule has 1 atom stereocenters. The number of likely N-dealkylation sites (tertiary alicyclic amines) is 1. The molecule has 1 aromatic carbocycles. The summed E-state index contributed by atoms with van der Waals surface area (Å²) in [7, 11) is 1.78. The van der Waals surface area contributed by atoms with Gasteiger partial charge in [-0.15, -0.1) is 24.0 Å². The predicted octanol–water partition coefficient (Wildman–Crippen LogP) is 1.11. The molecule has 9 heteroatoms. The maximum atomic E-state index is 12.6. The molecule has 0 radical (unpaired) electrons. The first-order valence-corrected chi connectivity index (χ1v) is 10.4. The monoisotopic (exact) mass is 528 g/mol. The van der Waals surface area contributed by atoms with Gasteiger partial charge >= 0.3 is 0 Å². The maximum Gasteiger partial charge on any atom is 0.248 e. The highest BCUT2D eigenvalue weighted by molar-refractivity contribution is 14.0. The number of halogens is 1. The number of aliphatic imine (C=N–C) groups is 1. The third-order valence-electron chi connectivity index (χ3n) is 5.84. The maximum absolute atomic E-state index is 12.6. The molecule has 1 aromatic rings. The van der Waals surface area contributed by atoms with E-state index < -0.39 is 5.91 Å². The summed E-state index contributed by atoms with van der Waals surface area (Å²) in [5.41, 5.74) is 6.84. The fourth-order valence-corrected chi connectivity index (χ4v) is 3.98. The molecule has 0 spiro atoms. The van der Waals surface area contributed by atoms with Gasteiger partial charge in [-0.1, -0.05) is 12.1 Å². The molecule has 2 aliphatic heterocycles. The van der Waals surface area contributed by atoms with Gasteiger partial charge in [0.15, 0.2) is 5.96 Å². The highest BCUT2D eigenvalue weighted by Crippen LogP contribution is 2.14. The van der Waals surface area contributed by atoms with Crippen molar-refractivity contribution >= 4 is 41.8 Å². The van der Waals surface area contributed by atoms with Gasteiger partial charge in [-0.2, -0.15) is 0 Å². The number of nitrogens with two attached hydrogens (primary N) is 1. The predicted molar refractivity (Wildman–Crippen MR) is 129 cm³/mol. The zero-order valence-electron chi connectivity index (χ0n) is 17.8. The van der Waals surface area contributed by atoms with Gasteiger partial charge in [0.05, 0.1) is 6.04 Å². The summed E-state index contributed by atoms with van der Waals surface area (Å²) >= 11 is 0. The zero-order chi connectivity index (χ0) is 20.8. The van der Waals surface area contributed by atoms with Crippen molar-refractivity contribution in [2.45, 2.75) is 32.4 Å². The first-order valence-electron chi connectivity index (χ1n) is 10.4. The summed E-state index contributed by atoms with van der Waals surface area (Å²) in [5.74, 6) is 0.690. The third kappa shape index (κ3) is 6.07. The van der Waals surface area contributed by atoms with Gasteiger partial charge in [-0.05, 0) is 37.5 Å². The van der Waals surface area contributed by atoms with Crippen molar-refractivity contribution in [2.24, 2.45) is 10.7 Å². The van der Waals surface area contributed by atoms with Gasteiger partial charge in [0.2, 0.25) is 11.8 Å². The molecule has 8 nitrogen and oxygen atoms in total. The molecular formula is C21H33IN6O2. The minimum atomic E-state index is -0.421. The second kappa shape index (κ2) is 11.5. The smallest absolute Gasteiger partial charge is 0.248 e. The number of piperazine rings is 1. The third-order valence-corrected chi connectivity index (χ3v) is 5.84. The van der Waals surface area contributed by atoms with E-state index in [-0.39, 0.29) is 35.9 Å². The standard InChI is InChI=1S/C21H32N6O2.HI/c1-16(20(29)26-9-3-4-10-26)25-11-13-27(14-12-25)21(23-2)24-15-17-5-7-18(8-6-17)19(22)28;/h5-8,16H,3-4,9-15H2,1-2H3,(H2,22,28)(H,23,24);1H. The summed E-state index contributed by atoms with van der Waals surface area (Å²) in [6.07, 6.45) is 2.25. The number of hydrogen-bond acceptors (Lipinski definition) is 4. The average Bonchev–Trinajstić information content (AvgIpc) is 3.29. The molecule has 0 aromatic heterocycles. The van der Waals surface area contributed by atoms with Crippen LogP contribution in [-0.2, 0) is 11.3 Å². The Hall–Kier alpha value is -1.88. The molecule has 0 bridgehead atoms. The molecule has 30 heavy (non-hydrogen) atoms. The number of nitrogens with one attached hydrogen (secondary N) is 1. The van der Waals surface area contributed by atoms with Gasteiger partial charge in [0.1, 0.15) is 0 Å². The number of carbonyl (C=O) groups is 2.